The summed E-state index contributed by atoms with van der Waals surface area (Å²) < 4.78 is 11.4. The van der Waals surface area contributed by atoms with Gasteiger partial charge in [0, 0.05) is 5.92 Å². The molecular weight excluding hydrogens is 176 g/mol. The first kappa shape index (κ1) is 9.94. The Morgan fingerprint density at radius 2 is 1.93 bits per heavy atom. The molecule has 2 rings (SSSR count). The summed E-state index contributed by atoms with van der Waals surface area (Å²) in [5.74, 6) is 0.525. The van der Waals surface area contributed by atoms with Gasteiger partial charge in [-0.05, 0) is 19.4 Å². The quantitative estimate of drug-likeness (QED) is 0.637. The Morgan fingerprint density at radius 1 is 1.14 bits per heavy atom. The lowest BCUT2D eigenvalue weighted by molar-refractivity contribution is -0.114. The van der Waals surface area contributed by atoms with Crippen molar-refractivity contribution in [1.82, 2.24) is 0 Å². The first-order valence-electron chi connectivity index (χ1n) is 5.30. The van der Waals surface area contributed by atoms with Crippen molar-refractivity contribution >= 4 is 0 Å². The van der Waals surface area contributed by atoms with E-state index in [1.54, 1.807) is 0 Å². The fraction of sp³-hybridized carbons (Fsp3) is 0.667. The van der Waals surface area contributed by atoms with E-state index in [1.165, 1.54) is 11.1 Å². The van der Waals surface area contributed by atoms with Crippen molar-refractivity contribution in [2.24, 2.45) is 5.92 Å². The lowest BCUT2D eigenvalue weighted by Crippen LogP contribution is -2.36. The van der Waals surface area contributed by atoms with Gasteiger partial charge in [0.25, 0.3) is 0 Å². The maximum Gasteiger partial charge on any atom is 0.103 e. The number of allylic oxidation sites excluding steroid dienone is 3. The van der Waals surface area contributed by atoms with E-state index in [2.05, 4.69) is 26.0 Å². The number of hydrogen-bond donors (Lipinski definition) is 0. The minimum absolute atomic E-state index is 0.176. The van der Waals surface area contributed by atoms with Crippen molar-refractivity contribution in [2.75, 3.05) is 13.2 Å². The number of ether oxygens (including phenoxy) is 2. The third-order valence-corrected chi connectivity index (χ3v) is 3.16. The smallest absolute Gasteiger partial charge is 0.103 e. The van der Waals surface area contributed by atoms with Crippen LogP contribution in [-0.2, 0) is 9.47 Å². The summed E-state index contributed by atoms with van der Waals surface area (Å²) in [7, 11) is 0. The Kier molecular flexibility index (Phi) is 2.75. The van der Waals surface area contributed by atoms with E-state index >= 15 is 0 Å². The highest BCUT2D eigenvalue weighted by atomic mass is 16.6. The molecule has 1 saturated heterocycles. The highest BCUT2D eigenvalue weighted by molar-refractivity contribution is 5.35. The van der Waals surface area contributed by atoms with Gasteiger partial charge < -0.3 is 9.47 Å². The summed E-state index contributed by atoms with van der Waals surface area (Å²) in [6, 6.07) is 0. The van der Waals surface area contributed by atoms with E-state index in [0.717, 1.165) is 0 Å². The van der Waals surface area contributed by atoms with Crippen LogP contribution in [0.5, 0.6) is 0 Å². The Bertz CT molecular complexity index is 270. The fourth-order valence-electron chi connectivity index (χ4n) is 1.96. The molecule has 3 unspecified atom stereocenters. The highest BCUT2D eigenvalue weighted by Gasteiger charge is 2.27. The standard InChI is InChI=1S/C12H18O2/c1-8-4-5-11(10(8)3)12-7-13-9(2)6-14-12/h4-5,9-10,12H,6-7H2,1-3H3. The lowest BCUT2D eigenvalue weighted by atomic mass is 9.95. The van der Waals surface area contributed by atoms with Crippen LogP contribution in [0.1, 0.15) is 20.8 Å². The molecule has 3 atom stereocenters. The van der Waals surface area contributed by atoms with E-state index in [4.69, 9.17) is 9.47 Å². The molecule has 2 aliphatic rings. The molecule has 1 fully saturated rings. The first-order valence-corrected chi connectivity index (χ1v) is 5.30. The topological polar surface area (TPSA) is 18.5 Å². The predicted molar refractivity (Wildman–Crippen MR) is 56.2 cm³/mol. The molecule has 0 aromatic rings. The van der Waals surface area contributed by atoms with Crippen molar-refractivity contribution in [3.05, 3.63) is 23.3 Å². The summed E-state index contributed by atoms with van der Waals surface area (Å²) in [5.41, 5.74) is 2.79. The van der Waals surface area contributed by atoms with E-state index in [-0.39, 0.29) is 12.2 Å². The van der Waals surface area contributed by atoms with Crippen molar-refractivity contribution < 1.29 is 9.47 Å². The summed E-state index contributed by atoms with van der Waals surface area (Å²) in [4.78, 5) is 0. The second-order valence-electron chi connectivity index (χ2n) is 4.26. The molecular formula is C12H18O2. The van der Waals surface area contributed by atoms with Gasteiger partial charge in [-0.1, -0.05) is 24.6 Å². The van der Waals surface area contributed by atoms with Crippen LogP contribution < -0.4 is 0 Å². The van der Waals surface area contributed by atoms with E-state index in [0.29, 0.717) is 19.1 Å². The molecule has 0 aromatic heterocycles. The third kappa shape index (κ3) is 1.77. The molecule has 0 amide bonds. The Morgan fingerprint density at radius 3 is 2.43 bits per heavy atom. The molecule has 0 saturated carbocycles. The fourth-order valence-corrected chi connectivity index (χ4v) is 1.96. The van der Waals surface area contributed by atoms with Crippen molar-refractivity contribution in [2.45, 2.75) is 33.0 Å². The highest BCUT2D eigenvalue weighted by Crippen LogP contribution is 2.31. The maximum absolute atomic E-state index is 5.77. The minimum Gasteiger partial charge on any atom is -0.373 e. The summed E-state index contributed by atoms with van der Waals surface area (Å²) in [5, 5.41) is 0. The van der Waals surface area contributed by atoms with Gasteiger partial charge in [0.2, 0.25) is 0 Å². The first-order chi connectivity index (χ1) is 6.68. The molecule has 2 heteroatoms. The molecule has 0 N–H and O–H groups in total. The molecule has 78 valence electrons. The van der Waals surface area contributed by atoms with E-state index in [9.17, 15) is 0 Å². The van der Waals surface area contributed by atoms with Gasteiger partial charge in [-0.25, -0.2) is 0 Å². The van der Waals surface area contributed by atoms with Crippen LogP contribution in [0, 0.1) is 5.92 Å². The second kappa shape index (κ2) is 3.87. The van der Waals surface area contributed by atoms with Crippen LogP contribution in [0.3, 0.4) is 0 Å². The van der Waals surface area contributed by atoms with Crippen molar-refractivity contribution in [3.63, 3.8) is 0 Å². The summed E-state index contributed by atoms with van der Waals surface area (Å²) >= 11 is 0. The summed E-state index contributed by atoms with van der Waals surface area (Å²) in [6.07, 6.45) is 4.79. The number of hydrogen-bond acceptors (Lipinski definition) is 2. The predicted octanol–water partition coefficient (Wildman–Crippen LogP) is 2.31. The Hall–Kier alpha value is -0.600. The Labute approximate surface area is 85.6 Å². The van der Waals surface area contributed by atoms with Crippen LogP contribution in [0.25, 0.3) is 0 Å². The van der Waals surface area contributed by atoms with Crippen LogP contribution in [0.2, 0.25) is 0 Å². The Balaban J connectivity index is 1.98. The molecule has 14 heavy (non-hydrogen) atoms. The number of rotatable bonds is 1. The van der Waals surface area contributed by atoms with Gasteiger partial charge >= 0.3 is 0 Å². The zero-order chi connectivity index (χ0) is 10.1. The van der Waals surface area contributed by atoms with Gasteiger partial charge in [-0.15, -0.1) is 0 Å². The third-order valence-electron chi connectivity index (χ3n) is 3.16. The van der Waals surface area contributed by atoms with Gasteiger partial charge in [-0.3, -0.25) is 0 Å². The second-order valence-corrected chi connectivity index (χ2v) is 4.26. The molecule has 2 nitrogen and oxygen atoms in total. The molecule has 1 heterocycles. The maximum atomic E-state index is 5.77. The lowest BCUT2D eigenvalue weighted by Gasteiger charge is -2.30. The average Bonchev–Trinajstić information content (AvgIpc) is 2.50. The zero-order valence-corrected chi connectivity index (χ0v) is 9.12. The molecule has 0 spiro atoms. The van der Waals surface area contributed by atoms with Crippen molar-refractivity contribution in [1.29, 1.82) is 0 Å². The molecule has 0 bridgehead atoms. The minimum atomic E-state index is 0.176. The largest absolute Gasteiger partial charge is 0.373 e. The monoisotopic (exact) mass is 194 g/mol. The SMILES string of the molecule is CC1=CC=C(C2COC(C)CO2)C1C. The zero-order valence-electron chi connectivity index (χ0n) is 9.12. The molecule has 1 aliphatic heterocycles. The van der Waals surface area contributed by atoms with Gasteiger partial charge in [0.15, 0.2) is 0 Å². The van der Waals surface area contributed by atoms with E-state index < -0.39 is 0 Å². The normalized spacial score (nSPS) is 38.1. The summed E-state index contributed by atoms with van der Waals surface area (Å²) in [6.45, 7) is 7.87. The molecule has 0 aromatic carbocycles. The van der Waals surface area contributed by atoms with Crippen LogP contribution in [0.4, 0.5) is 0 Å². The molecule has 0 radical (unpaired) electrons. The van der Waals surface area contributed by atoms with Crippen molar-refractivity contribution in [3.8, 4) is 0 Å². The van der Waals surface area contributed by atoms with Crippen LogP contribution >= 0.6 is 0 Å². The van der Waals surface area contributed by atoms with Gasteiger partial charge in [0.1, 0.15) is 6.10 Å². The average molecular weight is 194 g/mol. The van der Waals surface area contributed by atoms with E-state index in [1.807, 2.05) is 6.92 Å². The van der Waals surface area contributed by atoms with Gasteiger partial charge in [-0.2, -0.15) is 0 Å². The van der Waals surface area contributed by atoms with Gasteiger partial charge in [0.05, 0.1) is 19.3 Å². The molecule has 1 aliphatic carbocycles. The van der Waals surface area contributed by atoms with Crippen LogP contribution in [0.15, 0.2) is 23.3 Å². The van der Waals surface area contributed by atoms with Crippen LogP contribution in [-0.4, -0.2) is 25.4 Å².